The summed E-state index contributed by atoms with van der Waals surface area (Å²) in [5, 5.41) is 4.16. The molecule has 1 unspecified atom stereocenters. The molecule has 1 heterocycles. The van der Waals surface area contributed by atoms with Crippen LogP contribution in [0.15, 0.2) is 33.9 Å². The Labute approximate surface area is 137 Å². The van der Waals surface area contributed by atoms with Gasteiger partial charge in [-0.1, -0.05) is 23.2 Å². The molecule has 0 spiro atoms. The van der Waals surface area contributed by atoms with Crippen molar-refractivity contribution in [3.05, 3.63) is 50.1 Å². The fourth-order valence-electron chi connectivity index (χ4n) is 1.85. The van der Waals surface area contributed by atoms with Gasteiger partial charge in [-0.25, -0.2) is 13.1 Å². The maximum absolute atomic E-state index is 12.5. The van der Waals surface area contributed by atoms with E-state index in [2.05, 4.69) is 4.72 Å². The molecule has 0 amide bonds. The van der Waals surface area contributed by atoms with Gasteiger partial charge in [-0.3, -0.25) is 0 Å². The highest BCUT2D eigenvalue weighted by atomic mass is 35.5. The first-order valence-electron chi connectivity index (χ1n) is 6.07. The summed E-state index contributed by atoms with van der Waals surface area (Å²) in [6, 6.07) is 4.39. The van der Waals surface area contributed by atoms with Gasteiger partial charge in [-0.15, -0.1) is 0 Å². The summed E-state index contributed by atoms with van der Waals surface area (Å²) in [6.45, 7) is 1.88. The topological polar surface area (TPSA) is 72.2 Å². The third-order valence-electron chi connectivity index (χ3n) is 2.96. The van der Waals surface area contributed by atoms with Crippen molar-refractivity contribution in [2.24, 2.45) is 5.73 Å². The van der Waals surface area contributed by atoms with Crippen molar-refractivity contribution in [2.45, 2.75) is 24.4 Å². The molecule has 114 valence electrons. The number of benzene rings is 1. The molecule has 0 fully saturated rings. The second-order valence-electron chi connectivity index (χ2n) is 4.48. The summed E-state index contributed by atoms with van der Waals surface area (Å²) in [6.07, 6.45) is 0. The van der Waals surface area contributed by atoms with Gasteiger partial charge in [-0.05, 0) is 47.0 Å². The van der Waals surface area contributed by atoms with Gasteiger partial charge in [0.1, 0.15) is 4.90 Å². The predicted molar refractivity (Wildman–Crippen MR) is 87.4 cm³/mol. The quantitative estimate of drug-likeness (QED) is 0.851. The second-order valence-corrected chi connectivity index (χ2v) is 7.76. The molecule has 1 aromatic carbocycles. The van der Waals surface area contributed by atoms with Gasteiger partial charge in [0.25, 0.3) is 0 Å². The molecular weight excluding hydrogens is 351 g/mol. The van der Waals surface area contributed by atoms with Crippen LogP contribution in [0.3, 0.4) is 0 Å². The lowest BCUT2D eigenvalue weighted by atomic mass is 10.2. The maximum atomic E-state index is 12.5. The monoisotopic (exact) mass is 364 g/mol. The molecule has 2 rings (SSSR count). The first-order chi connectivity index (χ1) is 9.85. The Hall–Kier alpha value is -0.630. The number of sulfonamides is 1. The molecule has 0 saturated carbocycles. The summed E-state index contributed by atoms with van der Waals surface area (Å²) in [7, 11) is -3.79. The molecule has 0 saturated heterocycles. The summed E-state index contributed by atoms with van der Waals surface area (Å²) in [5.41, 5.74) is 6.94. The fourth-order valence-corrected chi connectivity index (χ4v) is 4.78. The Bertz CT molecular complexity index is 731. The van der Waals surface area contributed by atoms with E-state index < -0.39 is 10.0 Å². The minimum Gasteiger partial charge on any atom is -0.326 e. The molecule has 1 atom stereocenters. The van der Waals surface area contributed by atoms with Crippen molar-refractivity contribution in [3.8, 4) is 0 Å². The molecule has 0 bridgehead atoms. The minimum atomic E-state index is -3.79. The van der Waals surface area contributed by atoms with Crippen molar-refractivity contribution in [1.82, 2.24) is 4.72 Å². The van der Waals surface area contributed by atoms with Crippen LogP contribution in [-0.2, 0) is 16.6 Å². The molecule has 0 aliphatic carbocycles. The van der Waals surface area contributed by atoms with E-state index in [-0.39, 0.29) is 27.5 Å². The van der Waals surface area contributed by atoms with E-state index >= 15 is 0 Å². The summed E-state index contributed by atoms with van der Waals surface area (Å²) in [5.74, 6) is 0. The van der Waals surface area contributed by atoms with E-state index in [0.29, 0.717) is 5.56 Å². The van der Waals surface area contributed by atoms with Crippen LogP contribution in [0.1, 0.15) is 24.1 Å². The highest BCUT2D eigenvalue weighted by Crippen LogP contribution is 2.30. The fraction of sp³-hybridized carbons (Fsp3) is 0.231. The van der Waals surface area contributed by atoms with E-state index in [1.165, 1.54) is 17.4 Å². The Balaban J connectivity index is 2.38. The van der Waals surface area contributed by atoms with Crippen LogP contribution >= 0.6 is 34.5 Å². The number of thiophene rings is 1. The van der Waals surface area contributed by atoms with Crippen molar-refractivity contribution >= 4 is 44.6 Å². The van der Waals surface area contributed by atoms with E-state index in [9.17, 15) is 8.42 Å². The Kier molecular flexibility index (Phi) is 5.29. The zero-order valence-corrected chi connectivity index (χ0v) is 14.3. The number of halogens is 2. The van der Waals surface area contributed by atoms with Crippen LogP contribution in [-0.4, -0.2) is 8.42 Å². The van der Waals surface area contributed by atoms with Crippen molar-refractivity contribution in [1.29, 1.82) is 0 Å². The molecule has 2 aromatic rings. The Morgan fingerprint density at radius 1 is 1.38 bits per heavy atom. The standard InChI is InChI=1S/C13H14Cl2N2O2S2/c1-8(9-2-3-20-7-9)17-21(18,19)12-5-11(14)4-10(6-16)13(12)15/h2-5,7-8,17H,6,16H2,1H3. The smallest absolute Gasteiger partial charge is 0.242 e. The SMILES string of the molecule is CC(NS(=O)(=O)c1cc(Cl)cc(CN)c1Cl)c1ccsc1. The third kappa shape index (κ3) is 3.77. The molecule has 0 radical (unpaired) electrons. The van der Waals surface area contributed by atoms with Gasteiger partial charge in [0.2, 0.25) is 10.0 Å². The number of hydrogen-bond donors (Lipinski definition) is 2. The Morgan fingerprint density at radius 3 is 2.67 bits per heavy atom. The van der Waals surface area contributed by atoms with Gasteiger partial charge in [-0.2, -0.15) is 11.3 Å². The van der Waals surface area contributed by atoms with E-state index in [0.717, 1.165) is 5.56 Å². The molecule has 21 heavy (non-hydrogen) atoms. The molecular formula is C13H14Cl2N2O2S2. The van der Waals surface area contributed by atoms with E-state index in [4.69, 9.17) is 28.9 Å². The highest BCUT2D eigenvalue weighted by molar-refractivity contribution is 7.89. The van der Waals surface area contributed by atoms with Crippen LogP contribution in [0.5, 0.6) is 0 Å². The van der Waals surface area contributed by atoms with Gasteiger partial charge >= 0.3 is 0 Å². The first kappa shape index (κ1) is 16.7. The maximum Gasteiger partial charge on any atom is 0.242 e. The molecule has 1 aromatic heterocycles. The van der Waals surface area contributed by atoms with Crippen molar-refractivity contribution in [2.75, 3.05) is 0 Å². The summed E-state index contributed by atoms with van der Waals surface area (Å²) >= 11 is 13.6. The van der Waals surface area contributed by atoms with Crippen molar-refractivity contribution < 1.29 is 8.42 Å². The van der Waals surface area contributed by atoms with Crippen LogP contribution < -0.4 is 10.5 Å². The summed E-state index contributed by atoms with van der Waals surface area (Å²) in [4.78, 5) is -0.0563. The van der Waals surface area contributed by atoms with Crippen LogP contribution in [0.25, 0.3) is 0 Å². The average Bonchev–Trinajstić information content (AvgIpc) is 2.94. The van der Waals surface area contributed by atoms with E-state index in [1.807, 2.05) is 16.8 Å². The number of rotatable bonds is 5. The normalized spacial score (nSPS) is 13.3. The van der Waals surface area contributed by atoms with Gasteiger partial charge in [0, 0.05) is 17.6 Å². The van der Waals surface area contributed by atoms with Crippen LogP contribution in [0.2, 0.25) is 10.0 Å². The lowest BCUT2D eigenvalue weighted by Gasteiger charge is -2.15. The zero-order chi connectivity index (χ0) is 15.6. The zero-order valence-electron chi connectivity index (χ0n) is 11.1. The number of nitrogens with two attached hydrogens (primary N) is 1. The third-order valence-corrected chi connectivity index (χ3v) is 6.01. The number of hydrogen-bond acceptors (Lipinski definition) is 4. The molecule has 0 aliphatic heterocycles. The summed E-state index contributed by atoms with van der Waals surface area (Å²) < 4.78 is 27.6. The van der Waals surface area contributed by atoms with Gasteiger partial charge in [0.05, 0.1) is 5.02 Å². The number of nitrogens with one attached hydrogen (secondary N) is 1. The average molecular weight is 365 g/mol. The molecule has 0 aliphatic rings. The largest absolute Gasteiger partial charge is 0.326 e. The van der Waals surface area contributed by atoms with Gasteiger partial charge < -0.3 is 5.73 Å². The molecule has 3 N–H and O–H groups in total. The Morgan fingerprint density at radius 2 is 2.10 bits per heavy atom. The highest BCUT2D eigenvalue weighted by Gasteiger charge is 2.23. The minimum absolute atomic E-state index is 0.0563. The lowest BCUT2D eigenvalue weighted by Crippen LogP contribution is -2.27. The molecule has 8 heteroatoms. The van der Waals surface area contributed by atoms with Crippen LogP contribution in [0, 0.1) is 0 Å². The first-order valence-corrected chi connectivity index (χ1v) is 9.25. The second kappa shape index (κ2) is 6.64. The van der Waals surface area contributed by atoms with Crippen LogP contribution in [0.4, 0.5) is 0 Å². The molecule has 4 nitrogen and oxygen atoms in total. The lowest BCUT2D eigenvalue weighted by molar-refractivity contribution is 0.567. The van der Waals surface area contributed by atoms with E-state index in [1.54, 1.807) is 13.0 Å². The van der Waals surface area contributed by atoms with Gasteiger partial charge in [0.15, 0.2) is 0 Å². The predicted octanol–water partition coefficient (Wildman–Crippen LogP) is 3.55. The van der Waals surface area contributed by atoms with Crippen molar-refractivity contribution in [3.63, 3.8) is 0 Å².